The second-order valence-corrected chi connectivity index (χ2v) is 11.6. The van der Waals surface area contributed by atoms with Crippen LogP contribution < -0.4 is 9.64 Å². The number of halogens is 2. The fourth-order valence-corrected chi connectivity index (χ4v) is 7.40. The molecule has 1 saturated heterocycles. The maximum absolute atomic E-state index is 14.0. The number of esters is 1. The van der Waals surface area contributed by atoms with Crippen LogP contribution in [0.1, 0.15) is 51.9 Å². The highest BCUT2D eigenvalue weighted by Crippen LogP contribution is 2.37. The van der Waals surface area contributed by atoms with Crippen molar-refractivity contribution in [3.05, 3.63) is 52.5 Å². The Kier molecular flexibility index (Phi) is 8.04. The molecule has 1 saturated carbocycles. The normalized spacial score (nSPS) is 19.6. The van der Waals surface area contributed by atoms with Gasteiger partial charge in [0.1, 0.15) is 16.7 Å². The van der Waals surface area contributed by atoms with Crippen molar-refractivity contribution < 1.29 is 27.5 Å². The summed E-state index contributed by atoms with van der Waals surface area (Å²) >= 11 is 12.4. The second kappa shape index (κ2) is 10.9. The maximum Gasteiger partial charge on any atom is 0.308 e. The molecule has 36 heavy (non-hydrogen) atoms. The van der Waals surface area contributed by atoms with Crippen molar-refractivity contribution >= 4 is 56.7 Å². The van der Waals surface area contributed by atoms with E-state index in [9.17, 15) is 22.8 Å². The van der Waals surface area contributed by atoms with E-state index in [1.54, 1.807) is 0 Å². The van der Waals surface area contributed by atoms with Crippen molar-refractivity contribution in [3.8, 4) is 5.75 Å². The van der Waals surface area contributed by atoms with Gasteiger partial charge in [0.25, 0.3) is 5.91 Å². The molecule has 0 spiro atoms. The highest BCUT2D eigenvalue weighted by molar-refractivity contribution is 7.89. The molecule has 0 bridgehead atoms. The number of benzene rings is 2. The van der Waals surface area contributed by atoms with Crippen molar-refractivity contribution in [3.63, 3.8) is 0 Å². The summed E-state index contributed by atoms with van der Waals surface area (Å²) in [4.78, 5) is 38.7. The molecule has 0 aromatic heterocycles. The molecule has 2 aliphatic rings. The molecule has 1 aliphatic carbocycles. The van der Waals surface area contributed by atoms with E-state index in [0.717, 1.165) is 30.6 Å². The SMILES string of the molecule is CC(=O)Oc1ccc(N2C(=O)CC(N(C3CCCCCC3)S(=O)(=O)c3cc(Cl)ccc3Cl)C2=O)cc1. The van der Waals surface area contributed by atoms with Crippen LogP contribution in [0.3, 0.4) is 0 Å². The minimum absolute atomic E-state index is 0.00675. The minimum atomic E-state index is -4.28. The lowest BCUT2D eigenvalue weighted by Crippen LogP contribution is -2.50. The Bertz CT molecular complexity index is 1270. The van der Waals surface area contributed by atoms with Gasteiger partial charge in [-0.1, -0.05) is 48.9 Å². The Labute approximate surface area is 220 Å². The molecule has 1 atom stereocenters. The molecule has 0 N–H and O–H groups in total. The number of nitrogens with zero attached hydrogens (tertiary/aromatic N) is 2. The average molecular weight is 553 g/mol. The van der Waals surface area contributed by atoms with Crippen molar-refractivity contribution in [2.24, 2.45) is 0 Å². The van der Waals surface area contributed by atoms with Crippen molar-refractivity contribution in [1.29, 1.82) is 0 Å². The molecule has 1 aliphatic heterocycles. The summed E-state index contributed by atoms with van der Waals surface area (Å²) in [7, 11) is -4.28. The predicted molar refractivity (Wildman–Crippen MR) is 136 cm³/mol. The van der Waals surface area contributed by atoms with Crippen LogP contribution in [0.4, 0.5) is 5.69 Å². The minimum Gasteiger partial charge on any atom is -0.427 e. The zero-order valence-corrected chi connectivity index (χ0v) is 22.0. The van der Waals surface area contributed by atoms with Crippen LogP contribution in [0.5, 0.6) is 5.75 Å². The van der Waals surface area contributed by atoms with Crippen molar-refractivity contribution in [2.45, 2.75) is 68.8 Å². The standard InChI is InChI=1S/C25H26Cl2N2O6S/c1-16(30)35-20-11-9-18(10-12-20)28-24(31)15-22(25(28)32)29(19-6-4-2-3-5-7-19)36(33,34)23-14-17(26)8-13-21(23)27/h8-14,19,22H,2-7,15H2,1H3. The van der Waals surface area contributed by atoms with Crippen molar-refractivity contribution in [2.75, 3.05) is 4.90 Å². The lowest BCUT2D eigenvalue weighted by Gasteiger charge is -2.34. The number of anilines is 1. The van der Waals surface area contributed by atoms with Gasteiger partial charge < -0.3 is 4.74 Å². The first-order chi connectivity index (χ1) is 17.1. The Morgan fingerprint density at radius 1 is 1.00 bits per heavy atom. The quantitative estimate of drug-likeness (QED) is 0.217. The Hall–Kier alpha value is -2.46. The third-order valence-corrected chi connectivity index (χ3v) is 9.10. The lowest BCUT2D eigenvalue weighted by atomic mass is 10.1. The molecule has 0 radical (unpaired) electrons. The smallest absolute Gasteiger partial charge is 0.308 e. The van der Waals surface area contributed by atoms with Gasteiger partial charge in [0, 0.05) is 18.0 Å². The van der Waals surface area contributed by atoms with Crippen LogP contribution in [0.15, 0.2) is 47.4 Å². The van der Waals surface area contributed by atoms with Crippen LogP contribution in [-0.4, -0.2) is 42.6 Å². The van der Waals surface area contributed by atoms with Crippen LogP contribution >= 0.6 is 23.2 Å². The highest BCUT2D eigenvalue weighted by Gasteiger charge is 2.49. The fourth-order valence-electron chi connectivity index (χ4n) is 4.83. The topological polar surface area (TPSA) is 101 Å². The monoisotopic (exact) mass is 552 g/mol. The van der Waals surface area contributed by atoms with Crippen LogP contribution in [0.2, 0.25) is 10.0 Å². The first-order valence-corrected chi connectivity index (χ1v) is 13.9. The summed E-state index contributed by atoms with van der Waals surface area (Å²) in [5.74, 6) is -1.39. The molecule has 8 nitrogen and oxygen atoms in total. The molecule has 11 heteroatoms. The number of rotatable bonds is 6. The molecular weight excluding hydrogens is 527 g/mol. The third-order valence-electron chi connectivity index (χ3n) is 6.42. The van der Waals surface area contributed by atoms with E-state index in [1.807, 2.05) is 0 Å². The number of amides is 2. The lowest BCUT2D eigenvalue weighted by molar-refractivity contribution is -0.132. The second-order valence-electron chi connectivity index (χ2n) is 8.93. The maximum atomic E-state index is 14.0. The summed E-state index contributed by atoms with van der Waals surface area (Å²) in [5.41, 5.74) is 0.266. The van der Waals surface area contributed by atoms with Gasteiger partial charge in [-0.05, 0) is 55.3 Å². The zero-order valence-electron chi connectivity index (χ0n) is 19.7. The van der Waals surface area contributed by atoms with Gasteiger partial charge in [0.2, 0.25) is 15.9 Å². The number of carbonyl (C=O) groups is 3. The van der Waals surface area contributed by atoms with Gasteiger partial charge in [0.15, 0.2) is 0 Å². The molecule has 192 valence electrons. The number of carbonyl (C=O) groups excluding carboxylic acids is 3. The van der Waals surface area contributed by atoms with Gasteiger partial charge in [-0.15, -0.1) is 0 Å². The van der Waals surface area contributed by atoms with E-state index in [1.165, 1.54) is 53.7 Å². The van der Waals surface area contributed by atoms with Gasteiger partial charge in [-0.2, -0.15) is 4.31 Å². The molecule has 1 unspecified atom stereocenters. The van der Waals surface area contributed by atoms with E-state index in [4.69, 9.17) is 27.9 Å². The van der Waals surface area contributed by atoms with Crippen LogP contribution in [-0.2, 0) is 24.4 Å². The molecular formula is C25H26Cl2N2O6S. The predicted octanol–water partition coefficient (Wildman–Crippen LogP) is 4.96. The number of ether oxygens (including phenoxy) is 1. The van der Waals surface area contributed by atoms with Gasteiger partial charge in [0.05, 0.1) is 17.1 Å². The molecule has 2 aromatic carbocycles. The van der Waals surface area contributed by atoms with E-state index in [-0.39, 0.29) is 32.8 Å². The van der Waals surface area contributed by atoms with E-state index in [2.05, 4.69) is 0 Å². The molecule has 2 fully saturated rings. The highest BCUT2D eigenvalue weighted by atomic mass is 35.5. The summed E-state index contributed by atoms with van der Waals surface area (Å²) in [6.45, 7) is 1.26. The van der Waals surface area contributed by atoms with E-state index in [0.29, 0.717) is 12.8 Å². The summed E-state index contributed by atoms with van der Waals surface area (Å²) in [5, 5.41) is 0.190. The largest absolute Gasteiger partial charge is 0.427 e. The van der Waals surface area contributed by atoms with Crippen LogP contribution in [0, 0.1) is 0 Å². The van der Waals surface area contributed by atoms with Crippen molar-refractivity contribution in [1.82, 2.24) is 4.31 Å². The summed E-state index contributed by atoms with van der Waals surface area (Å²) in [6, 6.07) is 8.39. The molecule has 2 amide bonds. The molecule has 4 rings (SSSR count). The van der Waals surface area contributed by atoms with Gasteiger partial charge in [-0.25, -0.2) is 13.3 Å². The Morgan fingerprint density at radius 3 is 2.25 bits per heavy atom. The Balaban J connectivity index is 1.73. The first kappa shape index (κ1) is 26.6. The summed E-state index contributed by atoms with van der Waals surface area (Å²) in [6.07, 6.45) is 4.44. The summed E-state index contributed by atoms with van der Waals surface area (Å²) < 4.78 is 34.2. The number of imide groups is 1. The Morgan fingerprint density at radius 2 is 1.64 bits per heavy atom. The molecule has 1 heterocycles. The average Bonchev–Trinajstić information content (AvgIpc) is 2.97. The number of sulfonamides is 1. The molecule has 2 aromatic rings. The number of hydrogen-bond donors (Lipinski definition) is 0. The van der Waals surface area contributed by atoms with Gasteiger partial charge >= 0.3 is 5.97 Å². The third kappa shape index (κ3) is 5.44. The van der Waals surface area contributed by atoms with Gasteiger partial charge in [-0.3, -0.25) is 14.4 Å². The first-order valence-electron chi connectivity index (χ1n) is 11.7. The number of hydrogen-bond acceptors (Lipinski definition) is 6. The van der Waals surface area contributed by atoms with Crippen LogP contribution in [0.25, 0.3) is 0 Å². The van der Waals surface area contributed by atoms with E-state index < -0.39 is 39.9 Å². The zero-order chi connectivity index (χ0) is 26.0. The fraction of sp³-hybridized carbons (Fsp3) is 0.400. The van der Waals surface area contributed by atoms with E-state index >= 15 is 0 Å².